The maximum absolute atomic E-state index is 11.9. The van der Waals surface area contributed by atoms with Crippen molar-refractivity contribution < 1.29 is 8.42 Å². The number of thiophene rings is 1. The zero-order valence-electron chi connectivity index (χ0n) is 9.83. The summed E-state index contributed by atoms with van der Waals surface area (Å²) in [6.45, 7) is 6.59. The van der Waals surface area contributed by atoms with Gasteiger partial charge in [0.25, 0.3) is 0 Å². The number of halogens is 2. The third kappa shape index (κ3) is 4.21. The Morgan fingerprint density at radius 1 is 1.47 bits per heavy atom. The molecule has 0 aromatic carbocycles. The number of hydrogen-bond donors (Lipinski definition) is 1. The molecular weight excluding hydrogens is 346 g/mol. The Balaban J connectivity index is 2.76. The maximum Gasteiger partial charge on any atom is 0.250 e. The number of hydrogen-bond acceptors (Lipinski definition) is 3. The molecule has 0 amide bonds. The molecule has 0 spiro atoms. The van der Waals surface area contributed by atoms with Crippen molar-refractivity contribution in [1.82, 2.24) is 4.72 Å². The molecule has 1 N–H and O–H groups in total. The number of sulfonamides is 1. The molecule has 7 heteroatoms. The molecule has 1 unspecified atom stereocenters. The summed E-state index contributed by atoms with van der Waals surface area (Å²) in [5.41, 5.74) is 0. The molecule has 1 aromatic rings. The molecule has 0 aliphatic heterocycles. The Morgan fingerprint density at radius 2 is 2.06 bits per heavy atom. The predicted octanol–water partition coefficient (Wildman–Crippen LogP) is 3.73. The molecule has 0 aliphatic rings. The van der Waals surface area contributed by atoms with E-state index >= 15 is 0 Å². The molecule has 0 fully saturated rings. The Morgan fingerprint density at radius 3 is 2.47 bits per heavy atom. The van der Waals surface area contributed by atoms with Crippen LogP contribution in [0.4, 0.5) is 0 Å². The number of rotatable bonds is 5. The quantitative estimate of drug-likeness (QED) is 0.869. The molecule has 1 atom stereocenters. The molecule has 98 valence electrons. The lowest BCUT2D eigenvalue weighted by Crippen LogP contribution is -2.29. The van der Waals surface area contributed by atoms with Gasteiger partial charge in [0.2, 0.25) is 10.0 Å². The summed E-state index contributed by atoms with van der Waals surface area (Å²) in [5.74, 6) is 0.736. The molecule has 3 nitrogen and oxygen atoms in total. The van der Waals surface area contributed by atoms with E-state index in [1.165, 1.54) is 6.07 Å². The predicted molar refractivity (Wildman–Crippen MR) is 76.2 cm³/mol. The van der Waals surface area contributed by atoms with Crippen molar-refractivity contribution in [1.29, 1.82) is 0 Å². The highest BCUT2D eigenvalue weighted by molar-refractivity contribution is 9.11. The minimum Gasteiger partial charge on any atom is -0.210 e. The Kier molecular flexibility index (Phi) is 5.46. The summed E-state index contributed by atoms with van der Waals surface area (Å²) in [5, 5.41) is 0.423. The van der Waals surface area contributed by atoms with E-state index in [1.807, 2.05) is 6.92 Å². The van der Waals surface area contributed by atoms with Gasteiger partial charge in [0.15, 0.2) is 0 Å². The van der Waals surface area contributed by atoms with Gasteiger partial charge in [0.05, 0.1) is 8.81 Å². The summed E-state index contributed by atoms with van der Waals surface area (Å²) in [6.07, 6.45) is 0. The molecule has 0 aliphatic carbocycles. The summed E-state index contributed by atoms with van der Waals surface area (Å²) >= 11 is 10.1. The average Bonchev–Trinajstić information content (AvgIpc) is 2.56. The molecule has 1 rings (SSSR count). The van der Waals surface area contributed by atoms with Crippen LogP contribution in [0, 0.1) is 11.8 Å². The van der Waals surface area contributed by atoms with E-state index in [-0.39, 0.29) is 4.21 Å². The number of nitrogens with one attached hydrogen (secondary N) is 1. The molecule has 1 heterocycles. The van der Waals surface area contributed by atoms with Crippen LogP contribution in [-0.4, -0.2) is 15.0 Å². The van der Waals surface area contributed by atoms with Crippen molar-refractivity contribution in [3.63, 3.8) is 0 Å². The SMILES string of the molecule is CC(C)C(C)CNS(=O)(=O)c1cc(Cl)c(Br)s1. The van der Waals surface area contributed by atoms with Crippen molar-refractivity contribution in [2.45, 2.75) is 25.0 Å². The van der Waals surface area contributed by atoms with Crippen molar-refractivity contribution in [3.05, 3.63) is 14.9 Å². The highest BCUT2D eigenvalue weighted by Gasteiger charge is 2.20. The third-order valence-corrected chi connectivity index (χ3v) is 6.99. The lowest BCUT2D eigenvalue weighted by atomic mass is 9.99. The van der Waals surface area contributed by atoms with Crippen LogP contribution in [0.3, 0.4) is 0 Å². The van der Waals surface area contributed by atoms with E-state index in [0.717, 1.165) is 11.3 Å². The second-order valence-electron chi connectivity index (χ2n) is 4.26. The zero-order chi connectivity index (χ0) is 13.2. The van der Waals surface area contributed by atoms with Gasteiger partial charge in [0, 0.05) is 6.54 Å². The van der Waals surface area contributed by atoms with Gasteiger partial charge in [0.1, 0.15) is 4.21 Å². The molecule has 0 bridgehead atoms. The Hall–Kier alpha value is 0.380. The van der Waals surface area contributed by atoms with Gasteiger partial charge in [-0.1, -0.05) is 32.4 Å². The Bertz CT molecular complexity index is 465. The van der Waals surface area contributed by atoms with Crippen molar-refractivity contribution in [3.8, 4) is 0 Å². The van der Waals surface area contributed by atoms with Crippen LogP contribution < -0.4 is 4.72 Å². The molecule has 0 radical (unpaired) electrons. The monoisotopic (exact) mass is 359 g/mol. The van der Waals surface area contributed by atoms with Crippen molar-refractivity contribution >= 4 is 48.9 Å². The minimum atomic E-state index is -3.44. The molecule has 1 aromatic heterocycles. The topological polar surface area (TPSA) is 46.2 Å². The van der Waals surface area contributed by atoms with Gasteiger partial charge < -0.3 is 0 Å². The van der Waals surface area contributed by atoms with Crippen LogP contribution in [-0.2, 0) is 10.0 Å². The normalized spacial score (nSPS) is 14.2. The lowest BCUT2D eigenvalue weighted by molar-refractivity contribution is 0.415. The van der Waals surface area contributed by atoms with Gasteiger partial charge in [-0.15, -0.1) is 11.3 Å². The van der Waals surface area contributed by atoms with Gasteiger partial charge in [-0.3, -0.25) is 0 Å². The first kappa shape index (κ1) is 15.4. The molecule has 17 heavy (non-hydrogen) atoms. The summed E-state index contributed by atoms with van der Waals surface area (Å²) in [7, 11) is -3.44. The van der Waals surface area contributed by atoms with Gasteiger partial charge in [-0.2, -0.15) is 0 Å². The maximum atomic E-state index is 11.9. The van der Waals surface area contributed by atoms with Gasteiger partial charge in [-0.05, 0) is 33.8 Å². The summed E-state index contributed by atoms with van der Waals surface area (Å²) in [6, 6.07) is 1.46. The largest absolute Gasteiger partial charge is 0.250 e. The first-order chi connectivity index (χ1) is 7.74. The molecule has 0 saturated carbocycles. The van der Waals surface area contributed by atoms with E-state index in [9.17, 15) is 8.42 Å². The van der Waals surface area contributed by atoms with Crippen molar-refractivity contribution in [2.24, 2.45) is 11.8 Å². The van der Waals surface area contributed by atoms with Crippen LogP contribution in [0.25, 0.3) is 0 Å². The first-order valence-corrected chi connectivity index (χ1v) is 8.65. The molecular formula is C10H15BrClNO2S2. The van der Waals surface area contributed by atoms with Crippen LogP contribution in [0.5, 0.6) is 0 Å². The van der Waals surface area contributed by atoms with Gasteiger partial charge in [-0.25, -0.2) is 13.1 Å². The highest BCUT2D eigenvalue weighted by atomic mass is 79.9. The fraction of sp³-hybridized carbons (Fsp3) is 0.600. The smallest absolute Gasteiger partial charge is 0.210 e. The van der Waals surface area contributed by atoms with Crippen LogP contribution in [0.1, 0.15) is 20.8 Å². The fourth-order valence-electron chi connectivity index (χ4n) is 1.01. The Labute approximate surface area is 120 Å². The standard InChI is InChI=1S/C10H15BrClNO2S2/c1-6(2)7(3)5-13-17(14,15)9-4-8(12)10(11)16-9/h4,6-7,13H,5H2,1-3H3. The average molecular weight is 361 g/mol. The fourth-order valence-corrected chi connectivity index (χ4v) is 4.59. The second-order valence-corrected chi connectivity index (χ2v) is 9.03. The summed E-state index contributed by atoms with van der Waals surface area (Å²) < 4.78 is 27.4. The van der Waals surface area contributed by atoms with E-state index in [2.05, 4.69) is 34.5 Å². The third-order valence-electron chi connectivity index (χ3n) is 2.62. The van der Waals surface area contributed by atoms with Crippen LogP contribution >= 0.6 is 38.9 Å². The minimum absolute atomic E-state index is 0.241. The van der Waals surface area contributed by atoms with E-state index in [1.54, 1.807) is 0 Å². The second kappa shape index (κ2) is 6.02. The van der Waals surface area contributed by atoms with E-state index in [4.69, 9.17) is 11.6 Å². The summed E-state index contributed by atoms with van der Waals surface area (Å²) in [4.78, 5) is 0. The molecule has 0 saturated heterocycles. The van der Waals surface area contributed by atoms with Crippen LogP contribution in [0.15, 0.2) is 14.1 Å². The van der Waals surface area contributed by atoms with E-state index in [0.29, 0.717) is 27.2 Å². The van der Waals surface area contributed by atoms with E-state index < -0.39 is 10.0 Å². The van der Waals surface area contributed by atoms with Crippen molar-refractivity contribution in [2.75, 3.05) is 6.54 Å². The highest BCUT2D eigenvalue weighted by Crippen LogP contribution is 2.34. The zero-order valence-corrected chi connectivity index (χ0v) is 13.8. The lowest BCUT2D eigenvalue weighted by Gasteiger charge is -2.15. The van der Waals surface area contributed by atoms with Gasteiger partial charge >= 0.3 is 0 Å². The van der Waals surface area contributed by atoms with Crippen LogP contribution in [0.2, 0.25) is 5.02 Å². The first-order valence-electron chi connectivity index (χ1n) is 5.18.